The van der Waals surface area contributed by atoms with Gasteiger partial charge in [-0.2, -0.15) is 5.10 Å². The summed E-state index contributed by atoms with van der Waals surface area (Å²) in [7, 11) is 0. The third-order valence-electron chi connectivity index (χ3n) is 5.07. The third-order valence-corrected chi connectivity index (χ3v) is 5.07. The summed E-state index contributed by atoms with van der Waals surface area (Å²) < 4.78 is 1.75. The molecule has 1 aliphatic rings. The summed E-state index contributed by atoms with van der Waals surface area (Å²) in [4.78, 5) is 17.2. The van der Waals surface area contributed by atoms with Crippen LogP contribution in [0.1, 0.15) is 15.9 Å². The van der Waals surface area contributed by atoms with Crippen molar-refractivity contribution >= 4 is 5.91 Å². The van der Waals surface area contributed by atoms with Crippen LogP contribution < -0.4 is 0 Å². The van der Waals surface area contributed by atoms with Crippen LogP contribution in [-0.2, 0) is 6.42 Å². The number of hydrogen-bond donors (Lipinski definition) is 0. The second kappa shape index (κ2) is 8.18. The van der Waals surface area contributed by atoms with E-state index >= 15 is 0 Å². The van der Waals surface area contributed by atoms with E-state index in [9.17, 15) is 4.79 Å². The summed E-state index contributed by atoms with van der Waals surface area (Å²) in [6, 6.07) is 20.4. The molecule has 2 heterocycles. The smallest absolute Gasteiger partial charge is 0.257 e. The highest BCUT2D eigenvalue weighted by atomic mass is 16.2. The van der Waals surface area contributed by atoms with Crippen LogP contribution in [-0.4, -0.2) is 58.2 Å². The Bertz CT molecular complexity index is 868. The lowest BCUT2D eigenvalue weighted by Gasteiger charge is -2.34. The van der Waals surface area contributed by atoms with Crippen LogP contribution in [0.15, 0.2) is 73.1 Å². The van der Waals surface area contributed by atoms with E-state index < -0.39 is 0 Å². The Morgan fingerprint density at radius 3 is 2.26 bits per heavy atom. The van der Waals surface area contributed by atoms with Gasteiger partial charge in [0.25, 0.3) is 5.91 Å². The molecule has 0 saturated carbocycles. The van der Waals surface area contributed by atoms with E-state index in [1.54, 1.807) is 10.9 Å². The van der Waals surface area contributed by atoms with Gasteiger partial charge in [0.1, 0.15) is 0 Å². The number of hydrogen-bond acceptors (Lipinski definition) is 3. The van der Waals surface area contributed by atoms with Gasteiger partial charge in [-0.25, -0.2) is 4.68 Å². The van der Waals surface area contributed by atoms with Gasteiger partial charge in [-0.05, 0) is 24.1 Å². The fourth-order valence-corrected chi connectivity index (χ4v) is 3.44. The van der Waals surface area contributed by atoms with E-state index in [1.165, 1.54) is 5.56 Å². The predicted molar refractivity (Wildman–Crippen MR) is 106 cm³/mol. The number of aromatic nitrogens is 2. The van der Waals surface area contributed by atoms with Gasteiger partial charge in [-0.3, -0.25) is 9.69 Å². The molecule has 3 aromatic rings. The maximum atomic E-state index is 12.8. The summed E-state index contributed by atoms with van der Waals surface area (Å²) in [5, 5.41) is 4.34. The maximum Gasteiger partial charge on any atom is 0.257 e. The Morgan fingerprint density at radius 2 is 1.56 bits per heavy atom. The highest BCUT2D eigenvalue weighted by molar-refractivity contribution is 5.93. The minimum absolute atomic E-state index is 0.0693. The van der Waals surface area contributed by atoms with Crippen molar-refractivity contribution in [3.05, 3.63) is 84.2 Å². The van der Waals surface area contributed by atoms with Crippen LogP contribution in [0.5, 0.6) is 0 Å². The molecule has 0 N–H and O–H groups in total. The molecule has 0 spiro atoms. The molecular weight excluding hydrogens is 336 g/mol. The SMILES string of the molecule is O=C(c1cnn(-c2ccccc2)c1)N1CCN(CCc2ccccc2)CC1. The van der Waals surface area contributed by atoms with Gasteiger partial charge >= 0.3 is 0 Å². The normalized spacial score (nSPS) is 15.0. The van der Waals surface area contributed by atoms with Crippen LogP contribution >= 0.6 is 0 Å². The molecule has 1 fully saturated rings. The molecule has 2 aromatic carbocycles. The number of amides is 1. The summed E-state index contributed by atoms with van der Waals surface area (Å²) in [6.07, 6.45) is 4.54. The average Bonchev–Trinajstić information content (AvgIpc) is 3.24. The molecule has 0 radical (unpaired) electrons. The Balaban J connectivity index is 1.30. The molecular formula is C22H24N4O. The first kappa shape index (κ1) is 17.5. The van der Waals surface area contributed by atoms with Crippen LogP contribution in [0, 0.1) is 0 Å². The fraction of sp³-hybridized carbons (Fsp3) is 0.273. The quantitative estimate of drug-likeness (QED) is 0.703. The number of carbonyl (C=O) groups is 1. The minimum atomic E-state index is 0.0693. The van der Waals surface area contributed by atoms with Gasteiger partial charge in [0.2, 0.25) is 0 Å². The van der Waals surface area contributed by atoms with E-state index in [2.05, 4.69) is 34.3 Å². The average molecular weight is 360 g/mol. The van der Waals surface area contributed by atoms with Crippen molar-refractivity contribution in [2.75, 3.05) is 32.7 Å². The fourth-order valence-electron chi connectivity index (χ4n) is 3.44. The number of carbonyl (C=O) groups excluding carboxylic acids is 1. The van der Waals surface area contributed by atoms with E-state index in [4.69, 9.17) is 0 Å². The van der Waals surface area contributed by atoms with E-state index in [0.29, 0.717) is 5.56 Å². The summed E-state index contributed by atoms with van der Waals surface area (Å²) in [5.74, 6) is 0.0693. The molecule has 5 heteroatoms. The lowest BCUT2D eigenvalue weighted by Crippen LogP contribution is -2.49. The Kier molecular flexibility index (Phi) is 5.30. The topological polar surface area (TPSA) is 41.4 Å². The van der Waals surface area contributed by atoms with E-state index in [-0.39, 0.29) is 5.91 Å². The molecule has 27 heavy (non-hydrogen) atoms. The zero-order valence-corrected chi connectivity index (χ0v) is 15.4. The molecule has 1 saturated heterocycles. The molecule has 5 nitrogen and oxygen atoms in total. The van der Waals surface area contributed by atoms with Crippen molar-refractivity contribution in [2.24, 2.45) is 0 Å². The molecule has 4 rings (SSSR count). The van der Waals surface area contributed by atoms with Crippen LogP contribution in [0.25, 0.3) is 5.69 Å². The maximum absolute atomic E-state index is 12.8. The van der Waals surface area contributed by atoms with Gasteiger partial charge in [0.15, 0.2) is 0 Å². The van der Waals surface area contributed by atoms with E-state index in [1.807, 2.05) is 47.5 Å². The first-order valence-electron chi connectivity index (χ1n) is 9.45. The number of piperazine rings is 1. The number of nitrogens with zero attached hydrogens (tertiary/aromatic N) is 4. The van der Waals surface area contributed by atoms with Crippen molar-refractivity contribution in [3.8, 4) is 5.69 Å². The second-order valence-electron chi connectivity index (χ2n) is 6.88. The molecule has 0 unspecified atom stereocenters. The zero-order valence-electron chi connectivity index (χ0n) is 15.4. The van der Waals surface area contributed by atoms with Crippen LogP contribution in [0.2, 0.25) is 0 Å². The third kappa shape index (κ3) is 4.26. The number of rotatable bonds is 5. The largest absolute Gasteiger partial charge is 0.336 e. The van der Waals surface area contributed by atoms with Crippen molar-refractivity contribution in [3.63, 3.8) is 0 Å². The highest BCUT2D eigenvalue weighted by Crippen LogP contribution is 2.12. The summed E-state index contributed by atoms with van der Waals surface area (Å²) in [5.41, 5.74) is 2.98. The molecule has 1 amide bonds. The summed E-state index contributed by atoms with van der Waals surface area (Å²) in [6.45, 7) is 4.42. The van der Waals surface area contributed by atoms with Crippen molar-refractivity contribution in [2.45, 2.75) is 6.42 Å². The Hall–Kier alpha value is -2.92. The first-order valence-corrected chi connectivity index (χ1v) is 9.45. The van der Waals surface area contributed by atoms with Gasteiger partial charge in [-0.15, -0.1) is 0 Å². The number of para-hydroxylation sites is 1. The molecule has 0 bridgehead atoms. The van der Waals surface area contributed by atoms with E-state index in [0.717, 1.165) is 44.8 Å². The molecule has 0 aliphatic carbocycles. The minimum Gasteiger partial charge on any atom is -0.336 e. The predicted octanol–water partition coefficient (Wildman–Crippen LogP) is 2.87. The van der Waals surface area contributed by atoms with Gasteiger partial charge < -0.3 is 4.90 Å². The van der Waals surface area contributed by atoms with Gasteiger partial charge in [-0.1, -0.05) is 48.5 Å². The lowest BCUT2D eigenvalue weighted by atomic mass is 10.1. The Labute approximate surface area is 159 Å². The molecule has 1 aromatic heterocycles. The van der Waals surface area contributed by atoms with Crippen molar-refractivity contribution < 1.29 is 4.79 Å². The van der Waals surface area contributed by atoms with Crippen molar-refractivity contribution in [1.82, 2.24) is 19.6 Å². The molecule has 0 atom stereocenters. The zero-order chi connectivity index (χ0) is 18.5. The monoisotopic (exact) mass is 360 g/mol. The molecule has 1 aliphatic heterocycles. The van der Waals surface area contributed by atoms with Crippen LogP contribution in [0.3, 0.4) is 0 Å². The standard InChI is InChI=1S/C22H24N4O/c27-22(20-17-23-26(18-20)21-9-5-2-6-10-21)25-15-13-24(14-16-25)12-11-19-7-3-1-4-8-19/h1-10,17-18H,11-16H2. The lowest BCUT2D eigenvalue weighted by molar-refractivity contribution is 0.0638. The summed E-state index contributed by atoms with van der Waals surface area (Å²) >= 11 is 0. The van der Waals surface area contributed by atoms with Gasteiger partial charge in [0.05, 0.1) is 17.4 Å². The Morgan fingerprint density at radius 1 is 0.889 bits per heavy atom. The van der Waals surface area contributed by atoms with Crippen molar-refractivity contribution in [1.29, 1.82) is 0 Å². The second-order valence-corrected chi connectivity index (χ2v) is 6.88. The van der Waals surface area contributed by atoms with Gasteiger partial charge in [0, 0.05) is 38.9 Å². The first-order chi connectivity index (χ1) is 13.3. The molecule has 138 valence electrons. The number of benzene rings is 2. The van der Waals surface area contributed by atoms with Crippen LogP contribution in [0.4, 0.5) is 0 Å². The highest BCUT2D eigenvalue weighted by Gasteiger charge is 2.23.